The lowest BCUT2D eigenvalue weighted by Crippen LogP contribution is -1.93. The number of phosphoric acid groups is 1. The molecule has 0 aliphatic carbocycles. The van der Waals surface area contributed by atoms with Crippen molar-refractivity contribution in [3.8, 4) is 0 Å². The highest BCUT2D eigenvalue weighted by Gasteiger charge is 2.13. The van der Waals surface area contributed by atoms with Gasteiger partial charge < -0.3 is 19.6 Å². The zero-order valence-electron chi connectivity index (χ0n) is 8.86. The Labute approximate surface area is 94.2 Å². The lowest BCUT2D eigenvalue weighted by Gasteiger charge is -2.05. The number of rotatable bonds is 9. The van der Waals surface area contributed by atoms with Crippen LogP contribution < -0.4 is 0 Å². The monoisotopic (exact) mass is 276 g/mol. The Morgan fingerprint density at radius 2 is 1.31 bits per heavy atom. The van der Waals surface area contributed by atoms with Crippen molar-refractivity contribution in [1.82, 2.24) is 0 Å². The smallest absolute Gasteiger partial charge is 0.324 e. The minimum absolute atomic E-state index is 0.00275. The molecule has 7 nitrogen and oxygen atoms in total. The van der Waals surface area contributed by atoms with Crippen LogP contribution in [0.25, 0.3) is 0 Å². The van der Waals surface area contributed by atoms with E-state index >= 15 is 0 Å². The van der Waals surface area contributed by atoms with Gasteiger partial charge in [-0.05, 0) is 12.8 Å². The van der Waals surface area contributed by atoms with Crippen molar-refractivity contribution in [2.45, 2.75) is 32.1 Å². The van der Waals surface area contributed by atoms with Crippen molar-refractivity contribution in [3.05, 3.63) is 0 Å². The van der Waals surface area contributed by atoms with E-state index in [-0.39, 0.29) is 12.8 Å². The summed E-state index contributed by atoms with van der Waals surface area (Å²) < 4.78 is 25.0. The number of phosphoric ester groups is 1. The van der Waals surface area contributed by atoms with Crippen LogP contribution in [-0.4, -0.2) is 32.3 Å². The molecule has 0 rings (SSSR count). The summed E-state index contributed by atoms with van der Waals surface area (Å²) in [6, 6.07) is 0. The average Bonchev–Trinajstić information content (AvgIpc) is 2.06. The Hall–Kier alpha value is 0.260. The van der Waals surface area contributed by atoms with Crippen LogP contribution in [0.1, 0.15) is 32.1 Å². The molecule has 0 aromatic rings. The summed E-state index contributed by atoms with van der Waals surface area (Å²) in [4.78, 5) is 33.8. The van der Waals surface area contributed by atoms with Gasteiger partial charge in [0.05, 0.1) is 6.61 Å². The molecule has 0 aliphatic rings. The molecule has 0 amide bonds. The topological polar surface area (TPSA) is 124 Å². The SMILES string of the molecule is O=P(O)(O)CCCCCCCOP(=O)(O)O. The molecule has 0 atom stereocenters. The van der Waals surface area contributed by atoms with E-state index in [1.165, 1.54) is 0 Å². The fourth-order valence-corrected chi connectivity index (χ4v) is 2.14. The van der Waals surface area contributed by atoms with Gasteiger partial charge in [0.1, 0.15) is 0 Å². The molecular formula is C7H18O7P2. The van der Waals surface area contributed by atoms with Crippen molar-refractivity contribution in [2.24, 2.45) is 0 Å². The maximum atomic E-state index is 10.5. The van der Waals surface area contributed by atoms with Gasteiger partial charge in [-0.25, -0.2) is 4.57 Å². The third-order valence-corrected chi connectivity index (χ3v) is 3.27. The summed E-state index contributed by atoms with van der Waals surface area (Å²) in [5, 5.41) is 0. The van der Waals surface area contributed by atoms with E-state index in [1.54, 1.807) is 0 Å². The molecule has 16 heavy (non-hydrogen) atoms. The summed E-state index contributed by atoms with van der Waals surface area (Å²) >= 11 is 0. The first-order valence-electron chi connectivity index (χ1n) is 4.95. The van der Waals surface area contributed by atoms with Crippen molar-refractivity contribution in [1.29, 1.82) is 0 Å². The van der Waals surface area contributed by atoms with E-state index in [9.17, 15) is 9.13 Å². The second kappa shape index (κ2) is 7.56. The lowest BCUT2D eigenvalue weighted by molar-refractivity contribution is 0.193. The van der Waals surface area contributed by atoms with E-state index in [1.807, 2.05) is 0 Å². The second-order valence-electron chi connectivity index (χ2n) is 3.48. The van der Waals surface area contributed by atoms with Gasteiger partial charge in [0.15, 0.2) is 0 Å². The standard InChI is InChI=1S/C7H18O7P2/c8-15(9,10)7-5-3-1-2-4-6-14-16(11,12)13/h1-7H2,(H2,8,9,10)(H2,11,12,13). The summed E-state index contributed by atoms with van der Waals surface area (Å²) in [6.45, 7) is 0.00275. The number of hydrogen-bond donors (Lipinski definition) is 4. The molecule has 0 spiro atoms. The highest BCUT2D eigenvalue weighted by atomic mass is 31.2. The van der Waals surface area contributed by atoms with Gasteiger partial charge in [-0.3, -0.25) is 9.09 Å². The molecule has 0 aromatic carbocycles. The van der Waals surface area contributed by atoms with Gasteiger partial charge in [0, 0.05) is 6.16 Å². The maximum Gasteiger partial charge on any atom is 0.469 e. The molecule has 0 unspecified atom stereocenters. The Morgan fingerprint density at radius 3 is 1.81 bits per heavy atom. The van der Waals surface area contributed by atoms with Gasteiger partial charge in [-0.15, -0.1) is 0 Å². The third-order valence-electron chi connectivity index (χ3n) is 1.85. The second-order valence-corrected chi connectivity index (χ2v) is 6.50. The number of unbranched alkanes of at least 4 members (excludes halogenated alkanes) is 4. The molecule has 0 saturated heterocycles. The van der Waals surface area contributed by atoms with E-state index in [4.69, 9.17) is 19.6 Å². The quantitative estimate of drug-likeness (QED) is 0.368. The van der Waals surface area contributed by atoms with Gasteiger partial charge in [0.2, 0.25) is 0 Å². The molecule has 0 saturated carbocycles. The fraction of sp³-hybridized carbons (Fsp3) is 1.00. The molecule has 0 radical (unpaired) electrons. The molecular weight excluding hydrogens is 258 g/mol. The highest BCUT2D eigenvalue weighted by molar-refractivity contribution is 7.51. The van der Waals surface area contributed by atoms with Gasteiger partial charge in [-0.2, -0.15) is 0 Å². The van der Waals surface area contributed by atoms with E-state index < -0.39 is 15.4 Å². The molecule has 4 N–H and O–H groups in total. The zero-order chi connectivity index (χ0) is 12.7. The first kappa shape index (κ1) is 16.3. The minimum Gasteiger partial charge on any atom is -0.324 e. The average molecular weight is 276 g/mol. The first-order valence-corrected chi connectivity index (χ1v) is 8.28. The van der Waals surface area contributed by atoms with E-state index in [0.29, 0.717) is 19.3 Å². The molecule has 0 aromatic heterocycles. The molecule has 0 bridgehead atoms. The molecule has 9 heteroatoms. The Bertz CT molecular complexity index is 240. The Kier molecular flexibility index (Phi) is 7.68. The van der Waals surface area contributed by atoms with Crippen molar-refractivity contribution >= 4 is 15.4 Å². The molecule has 0 fully saturated rings. The summed E-state index contributed by atoms with van der Waals surface area (Å²) in [7, 11) is -8.23. The van der Waals surface area contributed by atoms with Crippen molar-refractivity contribution < 1.29 is 33.2 Å². The third kappa shape index (κ3) is 14.3. The van der Waals surface area contributed by atoms with Crippen molar-refractivity contribution in [3.63, 3.8) is 0 Å². The fourth-order valence-electron chi connectivity index (χ4n) is 1.13. The Morgan fingerprint density at radius 1 is 0.812 bits per heavy atom. The van der Waals surface area contributed by atoms with Gasteiger partial charge >= 0.3 is 15.4 Å². The Balaban J connectivity index is 3.23. The van der Waals surface area contributed by atoms with Crippen LogP contribution >= 0.6 is 15.4 Å². The first-order chi connectivity index (χ1) is 7.21. The van der Waals surface area contributed by atoms with E-state index in [2.05, 4.69) is 4.52 Å². The maximum absolute atomic E-state index is 10.5. The molecule has 0 heterocycles. The molecule has 0 aliphatic heterocycles. The predicted octanol–water partition coefficient (Wildman–Crippen LogP) is 1.22. The van der Waals surface area contributed by atoms with Crippen LogP contribution in [0.2, 0.25) is 0 Å². The van der Waals surface area contributed by atoms with Gasteiger partial charge in [-0.1, -0.05) is 19.3 Å². The van der Waals surface area contributed by atoms with Crippen LogP contribution in [0.4, 0.5) is 0 Å². The van der Waals surface area contributed by atoms with Gasteiger partial charge in [0.25, 0.3) is 0 Å². The van der Waals surface area contributed by atoms with Crippen molar-refractivity contribution in [2.75, 3.05) is 12.8 Å². The summed E-state index contributed by atoms with van der Waals surface area (Å²) in [5.74, 6) is 0. The van der Waals surface area contributed by atoms with Crippen LogP contribution in [0.3, 0.4) is 0 Å². The predicted molar refractivity (Wildman–Crippen MR) is 58.0 cm³/mol. The molecule has 98 valence electrons. The normalized spacial score (nSPS) is 13.0. The van der Waals surface area contributed by atoms with Crippen LogP contribution in [0.15, 0.2) is 0 Å². The summed E-state index contributed by atoms with van der Waals surface area (Å²) in [5.41, 5.74) is 0. The van der Waals surface area contributed by atoms with Crippen LogP contribution in [-0.2, 0) is 13.7 Å². The number of hydrogen-bond acceptors (Lipinski definition) is 3. The largest absolute Gasteiger partial charge is 0.469 e. The minimum atomic E-state index is -4.35. The van der Waals surface area contributed by atoms with Crippen LogP contribution in [0.5, 0.6) is 0 Å². The zero-order valence-corrected chi connectivity index (χ0v) is 10.6. The lowest BCUT2D eigenvalue weighted by atomic mass is 10.2. The summed E-state index contributed by atoms with van der Waals surface area (Å²) in [6.07, 6.45) is 3.07. The van der Waals surface area contributed by atoms with E-state index in [0.717, 1.165) is 12.8 Å². The van der Waals surface area contributed by atoms with Crippen LogP contribution in [0, 0.1) is 0 Å². The highest BCUT2D eigenvalue weighted by Crippen LogP contribution is 2.36.